The number of fused-ring (bicyclic) bond motifs is 1. The first-order chi connectivity index (χ1) is 16.5. The van der Waals surface area contributed by atoms with E-state index >= 15 is 4.39 Å². The molecule has 4 atom stereocenters. The SMILES string of the molecule is Cn1ncc(Nc2ncc3cc(Cl)c(C4CCN([C@@H]5COCC5O)C[C@@H]4F)cc3n2)c1C1CC1. The Bertz CT molecular complexity index is 1220. The summed E-state index contributed by atoms with van der Waals surface area (Å²) in [6, 6.07) is 3.58. The highest BCUT2D eigenvalue weighted by atomic mass is 35.5. The van der Waals surface area contributed by atoms with Crippen LogP contribution in [-0.4, -0.2) is 74.4 Å². The van der Waals surface area contributed by atoms with Crippen LogP contribution in [0.25, 0.3) is 10.9 Å². The molecule has 3 aromatic rings. The highest BCUT2D eigenvalue weighted by Crippen LogP contribution is 2.43. The molecule has 2 saturated heterocycles. The number of piperidine rings is 1. The average Bonchev–Trinajstić information content (AvgIpc) is 3.45. The molecule has 2 unspecified atom stereocenters. The van der Waals surface area contributed by atoms with E-state index in [1.807, 2.05) is 35.0 Å². The van der Waals surface area contributed by atoms with E-state index in [4.69, 9.17) is 21.3 Å². The molecule has 180 valence electrons. The molecule has 3 fully saturated rings. The molecule has 2 aromatic heterocycles. The van der Waals surface area contributed by atoms with Gasteiger partial charge in [0, 0.05) is 42.0 Å². The highest BCUT2D eigenvalue weighted by Gasteiger charge is 2.39. The fraction of sp³-hybridized carbons (Fsp3) is 0.542. The van der Waals surface area contributed by atoms with Gasteiger partial charge >= 0.3 is 0 Å². The topological polar surface area (TPSA) is 88.3 Å². The highest BCUT2D eigenvalue weighted by molar-refractivity contribution is 6.32. The Morgan fingerprint density at radius 2 is 2.06 bits per heavy atom. The van der Waals surface area contributed by atoms with E-state index in [-0.39, 0.29) is 18.5 Å². The molecule has 8 nitrogen and oxygen atoms in total. The van der Waals surface area contributed by atoms with Crippen molar-refractivity contribution >= 4 is 34.1 Å². The van der Waals surface area contributed by atoms with Crippen LogP contribution in [0.4, 0.5) is 16.0 Å². The standard InChI is InChI=1S/C24H28ClFN6O2/c1-31-23(13-2-3-13)20(9-28-31)30-24-27-8-14-6-17(25)16(7-19(14)29-24)15-4-5-32(10-18(15)26)21-11-34-12-22(21)33/h6-9,13,15,18,21-22,33H,2-5,10-12H2,1H3,(H,27,29,30)/t15?,18-,21+,22?/m0/s1. The van der Waals surface area contributed by atoms with Gasteiger partial charge in [-0.1, -0.05) is 11.6 Å². The van der Waals surface area contributed by atoms with Crippen molar-refractivity contribution in [3.8, 4) is 0 Å². The van der Waals surface area contributed by atoms with Gasteiger partial charge in [-0.05, 0) is 43.5 Å². The summed E-state index contributed by atoms with van der Waals surface area (Å²) in [4.78, 5) is 11.2. The molecular weight excluding hydrogens is 459 g/mol. The number of hydrogen-bond donors (Lipinski definition) is 2. The second-order valence-corrected chi connectivity index (χ2v) is 10.1. The lowest BCUT2D eigenvalue weighted by atomic mass is 9.86. The number of halogens is 2. The van der Waals surface area contributed by atoms with Gasteiger partial charge in [-0.15, -0.1) is 0 Å². The van der Waals surface area contributed by atoms with Gasteiger partial charge < -0.3 is 15.2 Å². The van der Waals surface area contributed by atoms with Gasteiger partial charge in [0.15, 0.2) is 0 Å². The minimum atomic E-state index is -1.09. The number of alkyl halides is 1. The third-order valence-electron chi connectivity index (χ3n) is 7.36. The molecule has 1 aromatic carbocycles. The smallest absolute Gasteiger partial charge is 0.227 e. The Kier molecular flexibility index (Phi) is 5.68. The molecule has 3 aliphatic rings. The summed E-state index contributed by atoms with van der Waals surface area (Å²) in [6.45, 7) is 1.70. The quantitative estimate of drug-likeness (QED) is 0.570. The average molecular weight is 487 g/mol. The molecule has 10 heteroatoms. The Balaban J connectivity index is 1.24. The van der Waals surface area contributed by atoms with Crippen molar-refractivity contribution in [2.75, 3.05) is 31.6 Å². The third kappa shape index (κ3) is 4.04. The van der Waals surface area contributed by atoms with Crippen molar-refractivity contribution in [2.24, 2.45) is 7.05 Å². The number of aliphatic hydroxyl groups is 1. The Hall–Kier alpha value is -2.33. The van der Waals surface area contributed by atoms with Gasteiger partial charge in [0.1, 0.15) is 6.17 Å². The van der Waals surface area contributed by atoms with Crippen molar-refractivity contribution in [2.45, 2.75) is 49.4 Å². The maximum Gasteiger partial charge on any atom is 0.227 e. The van der Waals surface area contributed by atoms with E-state index in [1.54, 1.807) is 6.20 Å². The minimum absolute atomic E-state index is 0.138. The van der Waals surface area contributed by atoms with Crippen LogP contribution < -0.4 is 5.32 Å². The number of rotatable bonds is 5. The van der Waals surface area contributed by atoms with Gasteiger partial charge in [0.05, 0.1) is 48.5 Å². The van der Waals surface area contributed by atoms with Crippen molar-refractivity contribution in [1.82, 2.24) is 24.6 Å². The van der Waals surface area contributed by atoms with Crippen LogP contribution in [-0.2, 0) is 11.8 Å². The number of aliphatic hydroxyl groups excluding tert-OH is 1. The molecule has 6 rings (SSSR count). The summed E-state index contributed by atoms with van der Waals surface area (Å²) < 4.78 is 22.6. The molecule has 2 aliphatic heterocycles. The summed E-state index contributed by atoms with van der Waals surface area (Å²) in [5, 5.41) is 19.2. The molecular formula is C24H28ClFN6O2. The first kappa shape index (κ1) is 22.2. The molecule has 1 saturated carbocycles. The maximum atomic E-state index is 15.4. The lowest BCUT2D eigenvalue weighted by molar-refractivity contribution is 0.0353. The third-order valence-corrected chi connectivity index (χ3v) is 7.68. The molecule has 0 spiro atoms. The lowest BCUT2D eigenvalue weighted by Crippen LogP contribution is -2.50. The number of aryl methyl sites for hydroxylation is 1. The summed E-state index contributed by atoms with van der Waals surface area (Å²) in [6.07, 6.45) is 4.86. The number of nitrogens with one attached hydrogen (secondary N) is 1. The van der Waals surface area contributed by atoms with E-state index in [1.165, 1.54) is 18.5 Å². The van der Waals surface area contributed by atoms with E-state index in [2.05, 4.69) is 15.4 Å². The maximum absolute atomic E-state index is 15.4. The van der Waals surface area contributed by atoms with Gasteiger partial charge in [-0.2, -0.15) is 5.10 Å². The normalized spacial score (nSPS) is 28.0. The number of ether oxygens (including phenoxy) is 1. The van der Waals surface area contributed by atoms with Crippen LogP contribution in [0.1, 0.15) is 42.4 Å². The van der Waals surface area contributed by atoms with Crippen LogP contribution in [0.5, 0.6) is 0 Å². The van der Waals surface area contributed by atoms with E-state index in [9.17, 15) is 5.11 Å². The van der Waals surface area contributed by atoms with Crippen LogP contribution in [0, 0.1) is 0 Å². The van der Waals surface area contributed by atoms with Crippen molar-refractivity contribution in [3.05, 3.63) is 40.8 Å². The molecule has 0 bridgehead atoms. The molecule has 34 heavy (non-hydrogen) atoms. The van der Waals surface area contributed by atoms with Crippen molar-refractivity contribution in [3.63, 3.8) is 0 Å². The minimum Gasteiger partial charge on any atom is -0.389 e. The van der Waals surface area contributed by atoms with Crippen LogP contribution in [0.15, 0.2) is 24.5 Å². The fourth-order valence-corrected chi connectivity index (χ4v) is 5.69. The zero-order valence-corrected chi connectivity index (χ0v) is 19.7. The van der Waals surface area contributed by atoms with E-state index < -0.39 is 12.3 Å². The van der Waals surface area contributed by atoms with Crippen molar-refractivity contribution < 1.29 is 14.2 Å². The van der Waals surface area contributed by atoms with Gasteiger partial charge in [0.2, 0.25) is 5.95 Å². The summed E-state index contributed by atoms with van der Waals surface area (Å²) in [5.74, 6) is 0.696. The second-order valence-electron chi connectivity index (χ2n) is 9.67. The Morgan fingerprint density at radius 1 is 1.21 bits per heavy atom. The number of aromatic nitrogens is 4. The zero-order valence-electron chi connectivity index (χ0n) is 19.0. The molecule has 0 amide bonds. The predicted molar refractivity (Wildman–Crippen MR) is 127 cm³/mol. The van der Waals surface area contributed by atoms with Crippen molar-refractivity contribution in [1.29, 1.82) is 0 Å². The van der Waals surface area contributed by atoms with Gasteiger partial charge in [0.25, 0.3) is 0 Å². The number of hydrogen-bond acceptors (Lipinski definition) is 7. The molecule has 4 heterocycles. The largest absolute Gasteiger partial charge is 0.389 e. The Labute approximate surface area is 202 Å². The summed E-state index contributed by atoms with van der Waals surface area (Å²) in [7, 11) is 1.95. The molecule has 1 aliphatic carbocycles. The number of benzene rings is 1. The number of nitrogens with zero attached hydrogens (tertiary/aromatic N) is 5. The van der Waals surface area contributed by atoms with Gasteiger partial charge in [-0.25, -0.2) is 14.4 Å². The first-order valence-corrected chi connectivity index (χ1v) is 12.2. The number of anilines is 2. The molecule has 0 radical (unpaired) electrons. The summed E-state index contributed by atoms with van der Waals surface area (Å²) in [5.41, 5.74) is 3.59. The van der Waals surface area contributed by atoms with Crippen LogP contribution in [0.3, 0.4) is 0 Å². The Morgan fingerprint density at radius 3 is 2.79 bits per heavy atom. The van der Waals surface area contributed by atoms with E-state index in [0.29, 0.717) is 43.1 Å². The lowest BCUT2D eigenvalue weighted by Gasteiger charge is -2.39. The predicted octanol–water partition coefficient (Wildman–Crippen LogP) is 3.52. The number of likely N-dealkylation sites (tertiary alicyclic amines) is 1. The second kappa shape index (κ2) is 8.71. The van der Waals surface area contributed by atoms with Crippen LogP contribution >= 0.6 is 11.6 Å². The van der Waals surface area contributed by atoms with E-state index in [0.717, 1.165) is 22.2 Å². The fourth-order valence-electron chi connectivity index (χ4n) is 5.38. The molecule has 2 N–H and O–H groups in total. The van der Waals surface area contributed by atoms with Crippen LogP contribution in [0.2, 0.25) is 5.02 Å². The van der Waals surface area contributed by atoms with Gasteiger partial charge in [-0.3, -0.25) is 9.58 Å². The summed E-state index contributed by atoms with van der Waals surface area (Å²) >= 11 is 6.60. The zero-order chi connectivity index (χ0) is 23.4. The monoisotopic (exact) mass is 486 g/mol. The first-order valence-electron chi connectivity index (χ1n) is 11.9.